The molecule has 10 heavy (non-hydrogen) atoms. The maximum Gasteiger partial charge on any atom is -0.0538 e. The van der Waals surface area contributed by atoms with E-state index in [4.69, 9.17) is 0 Å². The van der Waals surface area contributed by atoms with E-state index in [0.717, 1.165) is 0 Å². The van der Waals surface area contributed by atoms with Gasteiger partial charge in [-0.25, -0.2) is 0 Å². The van der Waals surface area contributed by atoms with Crippen LogP contribution in [0.1, 0.15) is 69.2 Å². The van der Waals surface area contributed by atoms with Gasteiger partial charge in [-0.3, -0.25) is 0 Å². The molecule has 0 nitrogen and oxygen atoms in total. The standard InChI is InChI=1S/C5H12.C2H6.3CH4/c1-3-5-4-2;1-2;;;/h3-5H2,1-2H3;1-2H3;3*1H4. The second-order valence-electron chi connectivity index (χ2n) is 1.35. The van der Waals surface area contributed by atoms with Crippen molar-refractivity contribution in [2.75, 3.05) is 0 Å². The van der Waals surface area contributed by atoms with E-state index in [1.54, 1.807) is 0 Å². The van der Waals surface area contributed by atoms with Crippen LogP contribution in [-0.4, -0.2) is 0 Å². The highest BCUT2D eigenvalue weighted by atomic mass is 13.7. The Hall–Kier alpha value is 0. The lowest BCUT2D eigenvalue weighted by molar-refractivity contribution is 0.772. The largest absolute Gasteiger partial charge is 0.0776 e. The van der Waals surface area contributed by atoms with Gasteiger partial charge in [-0.2, -0.15) is 0 Å². The molecule has 0 rings (SSSR count). The van der Waals surface area contributed by atoms with Crippen molar-refractivity contribution in [2.45, 2.75) is 69.2 Å². The highest BCUT2D eigenvalue weighted by molar-refractivity contribution is 4.24. The smallest absolute Gasteiger partial charge is 0.0538 e. The highest BCUT2D eigenvalue weighted by Gasteiger charge is 1.68. The Kier molecular flexibility index (Phi) is 207. The van der Waals surface area contributed by atoms with Crippen LogP contribution in [-0.2, 0) is 0 Å². The number of rotatable bonds is 2. The van der Waals surface area contributed by atoms with Crippen LogP contribution in [0.15, 0.2) is 0 Å². The van der Waals surface area contributed by atoms with Gasteiger partial charge in [-0.05, 0) is 0 Å². The minimum atomic E-state index is 0. The Morgan fingerprint density at radius 3 is 0.900 bits per heavy atom. The first-order valence-corrected chi connectivity index (χ1v) is 3.41. The van der Waals surface area contributed by atoms with Crippen molar-refractivity contribution in [1.29, 1.82) is 0 Å². The summed E-state index contributed by atoms with van der Waals surface area (Å²) in [7, 11) is 0. The van der Waals surface area contributed by atoms with Crippen molar-refractivity contribution < 1.29 is 0 Å². The molecule has 0 heterocycles. The molecule has 0 N–H and O–H groups in total. The predicted molar refractivity (Wildman–Crippen MR) is 56.7 cm³/mol. The summed E-state index contributed by atoms with van der Waals surface area (Å²) in [5, 5.41) is 0. The minimum absolute atomic E-state index is 0. The van der Waals surface area contributed by atoms with E-state index in [9.17, 15) is 0 Å². The Morgan fingerprint density at radius 2 is 0.900 bits per heavy atom. The molecule has 0 aliphatic carbocycles. The molecule has 0 saturated heterocycles. The second-order valence-corrected chi connectivity index (χ2v) is 1.35. The van der Waals surface area contributed by atoms with Gasteiger partial charge in [0, 0.05) is 0 Å². The molecule has 0 saturated carbocycles. The van der Waals surface area contributed by atoms with Crippen LogP contribution >= 0.6 is 0 Å². The normalized spacial score (nSPS) is 4.80. The van der Waals surface area contributed by atoms with E-state index in [2.05, 4.69) is 13.8 Å². The van der Waals surface area contributed by atoms with E-state index in [1.807, 2.05) is 13.8 Å². The van der Waals surface area contributed by atoms with Gasteiger partial charge in [0.25, 0.3) is 0 Å². The fraction of sp³-hybridized carbons (Fsp3) is 1.00. The predicted octanol–water partition coefficient (Wildman–Crippen LogP) is 5.13. The molecule has 0 aliphatic heterocycles. The summed E-state index contributed by atoms with van der Waals surface area (Å²) >= 11 is 0. The molecule has 70 valence electrons. The van der Waals surface area contributed by atoms with Crippen molar-refractivity contribution in [3.63, 3.8) is 0 Å². The van der Waals surface area contributed by atoms with Gasteiger partial charge in [0.05, 0.1) is 0 Å². The van der Waals surface area contributed by atoms with Crippen LogP contribution in [0.2, 0.25) is 0 Å². The lowest BCUT2D eigenvalue weighted by Crippen LogP contribution is -1.59. The molecule has 0 fully saturated rings. The van der Waals surface area contributed by atoms with Gasteiger partial charge in [-0.15, -0.1) is 0 Å². The van der Waals surface area contributed by atoms with Crippen LogP contribution in [0.5, 0.6) is 0 Å². The zero-order valence-electron chi connectivity index (χ0n) is 6.12. The Balaban J connectivity index is -0.0000000154. The van der Waals surface area contributed by atoms with Crippen LogP contribution in [0.25, 0.3) is 0 Å². The number of unbranched alkanes of at least 4 members (excludes halogenated alkanes) is 2. The first-order valence-electron chi connectivity index (χ1n) is 3.41. The minimum Gasteiger partial charge on any atom is -0.0776 e. The Labute approximate surface area is 70.0 Å². The van der Waals surface area contributed by atoms with Crippen molar-refractivity contribution >= 4 is 0 Å². The molecule has 0 aromatic heterocycles. The zero-order valence-corrected chi connectivity index (χ0v) is 6.12. The molecule has 0 radical (unpaired) electrons. The summed E-state index contributed by atoms with van der Waals surface area (Å²) in [4.78, 5) is 0. The molecule has 0 amide bonds. The third kappa shape index (κ3) is 98.0. The molecular weight excluding hydrogens is 120 g/mol. The van der Waals surface area contributed by atoms with Gasteiger partial charge in [0.1, 0.15) is 0 Å². The molecule has 0 aromatic carbocycles. The van der Waals surface area contributed by atoms with Crippen LogP contribution in [0.4, 0.5) is 0 Å². The third-order valence-electron chi connectivity index (χ3n) is 0.707. The van der Waals surface area contributed by atoms with Crippen molar-refractivity contribution in [3.05, 3.63) is 0 Å². The quantitative estimate of drug-likeness (QED) is 0.512. The summed E-state index contributed by atoms with van der Waals surface area (Å²) in [5.74, 6) is 0. The summed E-state index contributed by atoms with van der Waals surface area (Å²) in [6.45, 7) is 8.42. The molecular formula is C10H30. The van der Waals surface area contributed by atoms with Crippen LogP contribution in [0, 0.1) is 0 Å². The second kappa shape index (κ2) is 64.0. The Morgan fingerprint density at radius 1 is 0.700 bits per heavy atom. The first-order chi connectivity index (χ1) is 3.41. The average Bonchev–Trinajstić information content (AvgIpc) is 1.75. The summed E-state index contributed by atoms with van der Waals surface area (Å²) < 4.78 is 0. The summed E-state index contributed by atoms with van der Waals surface area (Å²) in [6.07, 6.45) is 4.08. The average molecular weight is 150 g/mol. The van der Waals surface area contributed by atoms with Crippen molar-refractivity contribution in [1.82, 2.24) is 0 Å². The van der Waals surface area contributed by atoms with Gasteiger partial charge in [0.2, 0.25) is 0 Å². The number of hydrogen-bond donors (Lipinski definition) is 0. The van der Waals surface area contributed by atoms with E-state index in [-0.39, 0.29) is 22.3 Å². The monoisotopic (exact) mass is 150 g/mol. The SMILES string of the molecule is C.C.C.CC.CCCCC. The maximum absolute atomic E-state index is 2.21. The third-order valence-corrected chi connectivity index (χ3v) is 0.707. The van der Waals surface area contributed by atoms with Crippen molar-refractivity contribution in [3.8, 4) is 0 Å². The number of hydrogen-bond acceptors (Lipinski definition) is 0. The topological polar surface area (TPSA) is 0 Å². The maximum atomic E-state index is 2.21. The molecule has 0 unspecified atom stereocenters. The summed E-state index contributed by atoms with van der Waals surface area (Å²) in [5.41, 5.74) is 0. The van der Waals surface area contributed by atoms with Crippen molar-refractivity contribution in [2.24, 2.45) is 0 Å². The van der Waals surface area contributed by atoms with E-state index >= 15 is 0 Å². The fourth-order valence-electron chi connectivity index (χ4n) is 0.354. The fourth-order valence-corrected chi connectivity index (χ4v) is 0.354. The van der Waals surface area contributed by atoms with E-state index in [0.29, 0.717) is 0 Å². The molecule has 0 aliphatic rings. The van der Waals surface area contributed by atoms with E-state index < -0.39 is 0 Å². The van der Waals surface area contributed by atoms with Crippen LogP contribution < -0.4 is 0 Å². The lowest BCUT2D eigenvalue weighted by atomic mass is 10.3. The molecule has 0 aromatic rings. The Bertz CT molecular complexity index is 7.51. The molecule has 0 spiro atoms. The molecule has 0 heteroatoms. The van der Waals surface area contributed by atoms with Gasteiger partial charge in [0.15, 0.2) is 0 Å². The highest BCUT2D eigenvalue weighted by Crippen LogP contribution is 1.88. The van der Waals surface area contributed by atoms with Gasteiger partial charge in [-0.1, -0.05) is 69.2 Å². The summed E-state index contributed by atoms with van der Waals surface area (Å²) in [6, 6.07) is 0. The van der Waals surface area contributed by atoms with Gasteiger partial charge >= 0.3 is 0 Å². The molecule has 0 bridgehead atoms. The molecule has 0 atom stereocenters. The van der Waals surface area contributed by atoms with Crippen LogP contribution in [0.3, 0.4) is 0 Å². The first kappa shape index (κ1) is 32.4. The van der Waals surface area contributed by atoms with Gasteiger partial charge < -0.3 is 0 Å². The lowest BCUT2D eigenvalue weighted by Gasteiger charge is -1.79. The zero-order chi connectivity index (χ0) is 6.12. The van der Waals surface area contributed by atoms with E-state index in [1.165, 1.54) is 19.3 Å².